The second-order valence-corrected chi connectivity index (χ2v) is 18.9. The zero-order chi connectivity index (χ0) is 45.1. The van der Waals surface area contributed by atoms with Crippen LogP contribution in [-0.2, 0) is 10.8 Å². The normalized spacial score (nSPS) is 14.3. The Bertz CT molecular complexity index is 3270. The van der Waals surface area contributed by atoms with Gasteiger partial charge in [0, 0.05) is 34.1 Å². The van der Waals surface area contributed by atoms with Gasteiger partial charge in [-0.05, 0) is 151 Å². The van der Waals surface area contributed by atoms with Crippen molar-refractivity contribution in [1.82, 2.24) is 0 Å². The average Bonchev–Trinajstić information content (AvgIpc) is 3.84. The first kappa shape index (κ1) is 40.3. The molecule has 0 saturated heterocycles. The second-order valence-electron chi connectivity index (χ2n) is 18.9. The topological polar surface area (TPSA) is 6.48 Å². The molecule has 2 aliphatic carbocycles. The van der Waals surface area contributed by atoms with Crippen LogP contribution in [-0.4, -0.2) is 0 Å². The lowest BCUT2D eigenvalue weighted by Gasteiger charge is -2.34. The van der Waals surface area contributed by atoms with Gasteiger partial charge in [-0.3, -0.25) is 0 Å². The van der Waals surface area contributed by atoms with E-state index >= 15 is 0 Å². The lowest BCUT2D eigenvalue weighted by atomic mass is 9.69. The third-order valence-electron chi connectivity index (χ3n) is 14.0. The van der Waals surface area contributed by atoms with Crippen LogP contribution in [0, 0.1) is 0 Å². The minimum Gasteiger partial charge on any atom is -0.310 e. The molecule has 2 aliphatic rings. The van der Waals surface area contributed by atoms with Crippen LogP contribution in [0.3, 0.4) is 0 Å². The van der Waals surface area contributed by atoms with Crippen LogP contribution < -0.4 is 9.80 Å². The van der Waals surface area contributed by atoms with E-state index in [1.165, 1.54) is 72.3 Å². The number of fused-ring (bicyclic) bond motifs is 10. The van der Waals surface area contributed by atoms with Gasteiger partial charge in [-0.15, -0.1) is 0 Å². The first-order valence-electron chi connectivity index (χ1n) is 23.4. The highest BCUT2D eigenvalue weighted by Crippen LogP contribution is 2.64. The SMILES string of the molecule is CC(C)(C)c1ccc2c(c1)C1(c3ccccc3-c3ccc(N(c4ccccc4)c4ccc(-c5ccccc5)cc4)cc31)c1cc(N(c3ccccc3)c3ccc(-c4ccccc4)cc3)ccc1-2. The molecule has 0 N–H and O–H groups in total. The van der Waals surface area contributed by atoms with Crippen LogP contribution in [0.15, 0.2) is 249 Å². The fourth-order valence-electron chi connectivity index (χ4n) is 10.8. The highest BCUT2D eigenvalue weighted by atomic mass is 15.1. The van der Waals surface area contributed by atoms with E-state index in [1.54, 1.807) is 0 Å². The number of anilines is 6. The lowest BCUT2D eigenvalue weighted by molar-refractivity contribution is 0.588. The summed E-state index contributed by atoms with van der Waals surface area (Å²) in [7, 11) is 0. The van der Waals surface area contributed by atoms with Gasteiger partial charge in [-0.1, -0.05) is 197 Å². The predicted octanol–water partition coefficient (Wildman–Crippen LogP) is 17.6. The molecule has 0 aliphatic heterocycles. The first-order chi connectivity index (χ1) is 32.9. The van der Waals surface area contributed by atoms with Gasteiger partial charge in [0.2, 0.25) is 0 Å². The molecule has 0 aromatic heterocycles. The Hall–Kier alpha value is -8.20. The zero-order valence-electron chi connectivity index (χ0n) is 38.1. The zero-order valence-corrected chi connectivity index (χ0v) is 38.1. The Morgan fingerprint density at radius 3 is 1.04 bits per heavy atom. The van der Waals surface area contributed by atoms with Crippen molar-refractivity contribution in [2.75, 3.05) is 9.80 Å². The quantitative estimate of drug-likeness (QED) is 0.150. The molecule has 0 bridgehead atoms. The van der Waals surface area contributed by atoms with E-state index in [-0.39, 0.29) is 5.41 Å². The molecule has 1 atom stereocenters. The van der Waals surface area contributed by atoms with Crippen molar-refractivity contribution in [2.45, 2.75) is 31.6 Å². The van der Waals surface area contributed by atoms with Gasteiger partial charge in [0.25, 0.3) is 0 Å². The van der Waals surface area contributed by atoms with Crippen molar-refractivity contribution >= 4 is 34.1 Å². The summed E-state index contributed by atoms with van der Waals surface area (Å²) in [6.07, 6.45) is 0. The van der Waals surface area contributed by atoms with Crippen LogP contribution in [0.25, 0.3) is 44.5 Å². The summed E-state index contributed by atoms with van der Waals surface area (Å²) < 4.78 is 0. The maximum absolute atomic E-state index is 2.53. The number of para-hydroxylation sites is 2. The van der Waals surface area contributed by atoms with E-state index in [9.17, 15) is 0 Å². The van der Waals surface area contributed by atoms with Crippen molar-refractivity contribution in [1.29, 1.82) is 0 Å². The summed E-state index contributed by atoms with van der Waals surface area (Å²) in [6, 6.07) is 91.8. The minimum atomic E-state index is -0.594. The van der Waals surface area contributed by atoms with Crippen molar-refractivity contribution < 1.29 is 0 Å². The fourth-order valence-corrected chi connectivity index (χ4v) is 10.8. The predicted molar refractivity (Wildman–Crippen MR) is 282 cm³/mol. The summed E-state index contributed by atoms with van der Waals surface area (Å²) in [5, 5.41) is 0. The van der Waals surface area contributed by atoms with Crippen molar-refractivity contribution in [3.8, 4) is 44.5 Å². The number of rotatable bonds is 8. The number of hydrogen-bond donors (Lipinski definition) is 0. The molecule has 0 fully saturated rings. The fraction of sp³-hybridized carbons (Fsp3) is 0.0769. The maximum Gasteiger partial charge on any atom is 0.0727 e. The molecule has 0 amide bonds. The van der Waals surface area contributed by atoms with Gasteiger partial charge in [0.1, 0.15) is 0 Å². The standard InChI is InChI=1S/C65H50N2/c1-64(2,3)49-32-39-57-59-41-38-55(67(51-24-14-7-15-25-51)53-35-30-48(31-36-53)46-20-10-5-11-21-46)44-63(59)65(61(57)42-49)60-27-17-16-26-56(60)58-40-37-54(43-62(58)65)66(50-22-12-6-13-23-50)52-33-28-47(29-34-52)45-18-8-4-9-19-45/h4-44H,1-3H3. The Kier molecular flexibility index (Phi) is 9.66. The largest absolute Gasteiger partial charge is 0.310 e. The smallest absolute Gasteiger partial charge is 0.0727 e. The molecule has 0 radical (unpaired) electrons. The first-order valence-corrected chi connectivity index (χ1v) is 23.4. The molecule has 320 valence electrons. The molecule has 67 heavy (non-hydrogen) atoms. The molecular formula is C65H50N2. The van der Waals surface area contributed by atoms with Crippen LogP contribution in [0.4, 0.5) is 34.1 Å². The Balaban J connectivity index is 1.09. The van der Waals surface area contributed by atoms with Gasteiger partial charge in [-0.2, -0.15) is 0 Å². The van der Waals surface area contributed by atoms with Gasteiger partial charge in [0.05, 0.1) is 5.41 Å². The minimum absolute atomic E-state index is 0.0506. The van der Waals surface area contributed by atoms with Gasteiger partial charge in [-0.25, -0.2) is 0 Å². The van der Waals surface area contributed by atoms with E-state index in [1.807, 2.05) is 0 Å². The highest BCUT2D eigenvalue weighted by molar-refractivity contribution is 5.98. The molecular weight excluding hydrogens is 809 g/mol. The second kappa shape index (κ2) is 16.0. The molecule has 12 rings (SSSR count). The van der Waals surface area contributed by atoms with Crippen LogP contribution in [0.2, 0.25) is 0 Å². The van der Waals surface area contributed by atoms with Crippen molar-refractivity contribution in [2.24, 2.45) is 0 Å². The summed E-state index contributed by atoms with van der Waals surface area (Å²) in [6.45, 7) is 6.99. The van der Waals surface area contributed by atoms with Crippen LogP contribution in [0.5, 0.6) is 0 Å². The van der Waals surface area contributed by atoms with E-state index in [4.69, 9.17) is 0 Å². The Labute approximate surface area is 394 Å². The van der Waals surface area contributed by atoms with Gasteiger partial charge < -0.3 is 9.80 Å². The van der Waals surface area contributed by atoms with E-state index in [0.717, 1.165) is 34.1 Å². The van der Waals surface area contributed by atoms with Gasteiger partial charge >= 0.3 is 0 Å². The highest BCUT2D eigenvalue weighted by Gasteiger charge is 2.52. The molecule has 2 nitrogen and oxygen atoms in total. The van der Waals surface area contributed by atoms with E-state index in [0.29, 0.717) is 0 Å². The summed E-state index contributed by atoms with van der Waals surface area (Å²) in [5.74, 6) is 0. The molecule has 0 saturated carbocycles. The third kappa shape index (κ3) is 6.71. The maximum atomic E-state index is 2.53. The monoisotopic (exact) mass is 858 g/mol. The third-order valence-corrected chi connectivity index (χ3v) is 14.0. The molecule has 1 unspecified atom stereocenters. The summed E-state index contributed by atoms with van der Waals surface area (Å²) in [4.78, 5) is 4.83. The van der Waals surface area contributed by atoms with Crippen LogP contribution >= 0.6 is 0 Å². The average molecular weight is 859 g/mol. The Morgan fingerprint density at radius 2 is 0.597 bits per heavy atom. The molecule has 0 heterocycles. The molecule has 1 spiro atoms. The number of nitrogens with zero attached hydrogens (tertiary/aromatic N) is 2. The number of hydrogen-bond acceptors (Lipinski definition) is 2. The van der Waals surface area contributed by atoms with E-state index in [2.05, 4.69) is 279 Å². The lowest BCUT2D eigenvalue weighted by Crippen LogP contribution is -2.27. The Morgan fingerprint density at radius 1 is 0.269 bits per heavy atom. The number of benzene rings is 10. The molecule has 10 aromatic rings. The van der Waals surface area contributed by atoms with Crippen molar-refractivity contribution in [3.63, 3.8) is 0 Å². The van der Waals surface area contributed by atoms with Crippen LogP contribution in [0.1, 0.15) is 48.6 Å². The summed E-state index contributed by atoms with van der Waals surface area (Å²) >= 11 is 0. The summed E-state index contributed by atoms with van der Waals surface area (Å²) in [5.41, 5.74) is 22.5. The van der Waals surface area contributed by atoms with E-state index < -0.39 is 5.41 Å². The van der Waals surface area contributed by atoms with Crippen molar-refractivity contribution in [3.05, 3.63) is 277 Å². The molecule has 10 aromatic carbocycles. The van der Waals surface area contributed by atoms with Gasteiger partial charge in [0.15, 0.2) is 0 Å². The molecule has 2 heteroatoms.